The third-order valence-corrected chi connectivity index (χ3v) is 5.83. The van der Waals surface area contributed by atoms with Crippen LogP contribution in [0, 0.1) is 5.41 Å². The average molecular weight is 347 g/mol. The second-order valence-electron chi connectivity index (χ2n) is 7.10. The Morgan fingerprint density at radius 2 is 2.08 bits per heavy atom. The fraction of sp³-hybridized carbons (Fsp3) is 0.650. The predicted octanol–water partition coefficient (Wildman–Crippen LogP) is 2.41. The van der Waals surface area contributed by atoms with Gasteiger partial charge in [0.1, 0.15) is 5.75 Å². The van der Waals surface area contributed by atoms with E-state index in [0.29, 0.717) is 19.7 Å². The van der Waals surface area contributed by atoms with Crippen LogP contribution in [0.4, 0.5) is 0 Å². The van der Waals surface area contributed by atoms with Crippen molar-refractivity contribution in [1.29, 1.82) is 0 Å². The van der Waals surface area contributed by atoms with Crippen LogP contribution in [0.25, 0.3) is 0 Å². The Bertz CT molecular complexity index is 593. The molecule has 1 saturated heterocycles. The van der Waals surface area contributed by atoms with E-state index in [1.807, 2.05) is 30.0 Å². The molecule has 0 bridgehead atoms. The van der Waals surface area contributed by atoms with Crippen LogP contribution < -0.4 is 4.74 Å². The van der Waals surface area contributed by atoms with Crippen LogP contribution in [0.2, 0.25) is 0 Å². The number of aliphatic hydroxyl groups is 1. The molecule has 3 rings (SSSR count). The van der Waals surface area contributed by atoms with Crippen molar-refractivity contribution in [2.45, 2.75) is 51.7 Å². The van der Waals surface area contributed by atoms with Crippen molar-refractivity contribution >= 4 is 5.91 Å². The van der Waals surface area contributed by atoms with Crippen LogP contribution in [-0.4, -0.2) is 54.4 Å². The molecule has 1 spiro atoms. The molecule has 0 aromatic heterocycles. The van der Waals surface area contributed by atoms with E-state index in [0.717, 1.165) is 31.4 Å². The molecule has 1 amide bonds. The summed E-state index contributed by atoms with van der Waals surface area (Å²) in [5.41, 5.74) is 1.05. The molecule has 1 aliphatic carbocycles. The van der Waals surface area contributed by atoms with E-state index in [2.05, 4.69) is 13.0 Å². The first-order chi connectivity index (χ1) is 12.1. The third-order valence-electron chi connectivity index (χ3n) is 5.83. The average Bonchev–Trinajstić information content (AvgIpc) is 2.66. The van der Waals surface area contributed by atoms with Gasteiger partial charge in [0.25, 0.3) is 5.91 Å². The van der Waals surface area contributed by atoms with E-state index in [-0.39, 0.29) is 30.1 Å². The summed E-state index contributed by atoms with van der Waals surface area (Å²) in [6, 6.07) is 7.87. The number of benzene rings is 1. The molecule has 1 aliphatic heterocycles. The lowest BCUT2D eigenvalue weighted by Gasteiger charge is -2.56. The quantitative estimate of drug-likeness (QED) is 0.858. The van der Waals surface area contributed by atoms with Crippen LogP contribution in [0.1, 0.15) is 38.7 Å². The summed E-state index contributed by atoms with van der Waals surface area (Å²) >= 11 is 0. The molecular weight excluding hydrogens is 318 g/mol. The zero-order chi connectivity index (χ0) is 17.9. The number of piperidine rings is 1. The lowest BCUT2D eigenvalue weighted by Crippen LogP contribution is -2.62. The van der Waals surface area contributed by atoms with E-state index in [9.17, 15) is 9.90 Å². The fourth-order valence-corrected chi connectivity index (χ4v) is 4.08. The Morgan fingerprint density at radius 1 is 1.32 bits per heavy atom. The fourth-order valence-electron chi connectivity index (χ4n) is 4.08. The number of likely N-dealkylation sites (tertiary alicyclic amines) is 1. The molecule has 1 saturated carbocycles. The van der Waals surface area contributed by atoms with Crippen LogP contribution in [0.15, 0.2) is 24.3 Å². The second kappa shape index (κ2) is 7.75. The number of hydrogen-bond acceptors (Lipinski definition) is 4. The van der Waals surface area contributed by atoms with Gasteiger partial charge >= 0.3 is 0 Å². The molecule has 2 atom stereocenters. The maximum absolute atomic E-state index is 12.4. The first-order valence-electron chi connectivity index (χ1n) is 9.38. The zero-order valence-corrected chi connectivity index (χ0v) is 15.2. The van der Waals surface area contributed by atoms with Crippen LogP contribution >= 0.6 is 0 Å². The Morgan fingerprint density at radius 3 is 2.72 bits per heavy atom. The first kappa shape index (κ1) is 18.2. The van der Waals surface area contributed by atoms with Crippen molar-refractivity contribution in [3.05, 3.63) is 29.8 Å². The molecule has 2 fully saturated rings. The molecule has 1 N–H and O–H groups in total. The third kappa shape index (κ3) is 3.67. The zero-order valence-electron chi connectivity index (χ0n) is 15.2. The van der Waals surface area contributed by atoms with Crippen molar-refractivity contribution in [2.24, 2.45) is 5.41 Å². The van der Waals surface area contributed by atoms with Crippen molar-refractivity contribution in [3.8, 4) is 5.75 Å². The van der Waals surface area contributed by atoms with E-state index in [1.165, 1.54) is 5.56 Å². The van der Waals surface area contributed by atoms with Crippen molar-refractivity contribution < 1.29 is 19.4 Å². The molecule has 138 valence electrons. The van der Waals surface area contributed by atoms with Gasteiger partial charge in [-0.2, -0.15) is 0 Å². The molecule has 1 aromatic rings. The van der Waals surface area contributed by atoms with Gasteiger partial charge in [0, 0.05) is 31.5 Å². The second-order valence-corrected chi connectivity index (χ2v) is 7.10. The van der Waals surface area contributed by atoms with Gasteiger partial charge < -0.3 is 19.5 Å². The molecule has 5 nitrogen and oxygen atoms in total. The highest BCUT2D eigenvalue weighted by molar-refractivity contribution is 5.77. The normalized spacial score (nSPS) is 24.8. The highest BCUT2D eigenvalue weighted by Gasteiger charge is 2.56. The van der Waals surface area contributed by atoms with Crippen LogP contribution in [0.5, 0.6) is 5.75 Å². The van der Waals surface area contributed by atoms with Gasteiger partial charge in [-0.05, 0) is 43.9 Å². The van der Waals surface area contributed by atoms with Crippen LogP contribution in [0.3, 0.4) is 0 Å². The molecule has 0 radical (unpaired) electrons. The minimum atomic E-state index is -0.297. The number of rotatable bonds is 6. The van der Waals surface area contributed by atoms with E-state index < -0.39 is 0 Å². The number of aryl methyl sites for hydroxylation is 1. The monoisotopic (exact) mass is 347 g/mol. The summed E-state index contributed by atoms with van der Waals surface area (Å²) in [7, 11) is 0. The van der Waals surface area contributed by atoms with Crippen LogP contribution in [-0.2, 0) is 16.0 Å². The number of aliphatic hydroxyl groups excluding tert-OH is 1. The van der Waals surface area contributed by atoms with E-state index in [1.54, 1.807) is 0 Å². The molecule has 25 heavy (non-hydrogen) atoms. The maximum atomic E-state index is 12.4. The Balaban J connectivity index is 1.50. The van der Waals surface area contributed by atoms with E-state index >= 15 is 0 Å². The SMILES string of the molecule is CCO[C@H]1C[C@@H](O)C12CCN(C(=O)COc1cccc(CC)c1)CC2. The summed E-state index contributed by atoms with van der Waals surface area (Å²) in [6.45, 7) is 6.15. The number of nitrogens with zero attached hydrogens (tertiary/aromatic N) is 1. The summed E-state index contributed by atoms with van der Waals surface area (Å²) in [6.07, 6.45) is 3.11. The lowest BCUT2D eigenvalue weighted by atomic mass is 9.58. The summed E-state index contributed by atoms with van der Waals surface area (Å²) in [5.74, 6) is 0.755. The number of hydrogen-bond donors (Lipinski definition) is 1. The number of carbonyl (C=O) groups excluding carboxylic acids is 1. The van der Waals surface area contributed by atoms with Gasteiger partial charge in [0.05, 0.1) is 12.2 Å². The summed E-state index contributed by atoms with van der Waals surface area (Å²) in [5, 5.41) is 10.2. The standard InChI is InChI=1S/C20H29NO4/c1-3-15-6-5-7-16(12-15)25-14-19(23)21-10-8-20(9-11-21)17(22)13-18(20)24-4-2/h5-7,12,17-18,22H,3-4,8-11,13-14H2,1-2H3/t17-,18+/m1/s1. The molecule has 5 heteroatoms. The van der Waals surface area contributed by atoms with Crippen molar-refractivity contribution in [1.82, 2.24) is 4.90 Å². The highest BCUT2D eigenvalue weighted by Crippen LogP contribution is 2.50. The van der Waals surface area contributed by atoms with Gasteiger partial charge in [-0.1, -0.05) is 19.1 Å². The Hall–Kier alpha value is -1.59. The smallest absolute Gasteiger partial charge is 0.260 e. The Labute approximate surface area is 149 Å². The van der Waals surface area contributed by atoms with Gasteiger partial charge in [-0.15, -0.1) is 0 Å². The van der Waals surface area contributed by atoms with Crippen molar-refractivity contribution in [3.63, 3.8) is 0 Å². The van der Waals surface area contributed by atoms with E-state index in [4.69, 9.17) is 9.47 Å². The van der Waals surface area contributed by atoms with Gasteiger partial charge in [0.2, 0.25) is 0 Å². The lowest BCUT2D eigenvalue weighted by molar-refractivity contribution is -0.210. The van der Waals surface area contributed by atoms with Gasteiger partial charge in [-0.3, -0.25) is 4.79 Å². The molecule has 0 unspecified atom stereocenters. The minimum absolute atomic E-state index is 0.0125. The molecule has 1 heterocycles. The van der Waals surface area contributed by atoms with Gasteiger partial charge in [-0.25, -0.2) is 0 Å². The number of amides is 1. The summed E-state index contributed by atoms with van der Waals surface area (Å²) in [4.78, 5) is 14.3. The van der Waals surface area contributed by atoms with Gasteiger partial charge in [0.15, 0.2) is 6.61 Å². The first-order valence-corrected chi connectivity index (χ1v) is 9.38. The predicted molar refractivity (Wildman–Crippen MR) is 95.6 cm³/mol. The molecule has 1 aromatic carbocycles. The Kier molecular flexibility index (Phi) is 5.64. The largest absolute Gasteiger partial charge is 0.484 e. The highest BCUT2D eigenvalue weighted by atomic mass is 16.5. The minimum Gasteiger partial charge on any atom is -0.484 e. The van der Waals surface area contributed by atoms with Crippen molar-refractivity contribution in [2.75, 3.05) is 26.3 Å². The molecule has 2 aliphatic rings. The number of carbonyl (C=O) groups is 1. The topological polar surface area (TPSA) is 59.0 Å². The molecular formula is C20H29NO4. The number of ether oxygens (including phenoxy) is 2. The summed E-state index contributed by atoms with van der Waals surface area (Å²) < 4.78 is 11.4. The maximum Gasteiger partial charge on any atom is 0.260 e.